The maximum absolute atomic E-state index is 14.8. The summed E-state index contributed by atoms with van der Waals surface area (Å²) in [6, 6.07) is 0.126. The van der Waals surface area contributed by atoms with Crippen LogP contribution in [-0.4, -0.2) is 97.0 Å². The number of hydrogen-bond acceptors (Lipinski definition) is 8. The molecule has 1 saturated heterocycles. The van der Waals surface area contributed by atoms with Gasteiger partial charge in [0.25, 0.3) is 11.8 Å². The number of rotatable bonds is 8. The molecule has 2 amide bonds. The van der Waals surface area contributed by atoms with Gasteiger partial charge in [0.15, 0.2) is 11.5 Å². The van der Waals surface area contributed by atoms with Crippen LogP contribution in [0.2, 0.25) is 0 Å². The number of ether oxygens (including phenoxy) is 1. The highest BCUT2D eigenvalue weighted by molar-refractivity contribution is 5.98. The molecular formula is C27H26F8N6O5. The number of nitrogens with zero attached hydrogens (tertiary/aromatic N) is 5. The van der Waals surface area contributed by atoms with E-state index >= 15 is 0 Å². The molecule has 11 nitrogen and oxygen atoms in total. The Morgan fingerprint density at radius 1 is 1.04 bits per heavy atom. The number of carbonyl (C=O) groups excluding carboxylic acids is 3. The van der Waals surface area contributed by atoms with Crippen LogP contribution in [0.15, 0.2) is 24.7 Å². The number of methoxy groups -OCH3 is 1. The number of likely N-dealkylation sites (tertiary alicyclic amines) is 1. The predicted molar refractivity (Wildman–Crippen MR) is 141 cm³/mol. The van der Waals surface area contributed by atoms with Crippen molar-refractivity contribution in [3.8, 4) is 17.1 Å². The summed E-state index contributed by atoms with van der Waals surface area (Å²) in [6.45, 7) is 0.455. The van der Waals surface area contributed by atoms with Gasteiger partial charge in [0, 0.05) is 18.3 Å². The van der Waals surface area contributed by atoms with E-state index in [2.05, 4.69) is 20.4 Å². The second kappa shape index (κ2) is 11.7. The molecule has 0 aromatic carbocycles. The van der Waals surface area contributed by atoms with Gasteiger partial charge < -0.3 is 20.1 Å². The number of aliphatic hydroxyl groups is 1. The highest BCUT2D eigenvalue weighted by Crippen LogP contribution is 2.39. The lowest BCUT2D eigenvalue weighted by atomic mass is 10.0. The molecule has 3 aromatic rings. The number of ketones is 1. The highest BCUT2D eigenvalue weighted by atomic mass is 19.4. The van der Waals surface area contributed by atoms with Crippen molar-refractivity contribution in [2.24, 2.45) is 0 Å². The number of hydrogen-bond donors (Lipinski definition) is 2. The van der Waals surface area contributed by atoms with E-state index in [-0.39, 0.29) is 24.1 Å². The zero-order valence-electron chi connectivity index (χ0n) is 24.4. The summed E-state index contributed by atoms with van der Waals surface area (Å²) in [4.78, 5) is 45.9. The second-order valence-electron chi connectivity index (χ2n) is 11.1. The molecule has 19 heteroatoms. The van der Waals surface area contributed by atoms with Crippen LogP contribution in [0.5, 0.6) is 5.88 Å². The normalized spacial score (nSPS) is 18.8. The first kappa shape index (κ1) is 34.5. The Kier molecular flexibility index (Phi) is 8.79. The van der Waals surface area contributed by atoms with Gasteiger partial charge in [0.2, 0.25) is 11.5 Å². The number of aromatic nitrogens is 4. The van der Waals surface area contributed by atoms with Crippen LogP contribution in [-0.2, 0) is 22.2 Å². The van der Waals surface area contributed by atoms with Crippen LogP contribution in [0.1, 0.15) is 42.4 Å². The number of alkyl halides is 8. The maximum Gasteiger partial charge on any atom is 0.426 e. The van der Waals surface area contributed by atoms with E-state index < -0.39 is 95.3 Å². The first-order valence-corrected chi connectivity index (χ1v) is 13.3. The van der Waals surface area contributed by atoms with Gasteiger partial charge in [-0.15, -0.1) is 0 Å². The Labute approximate surface area is 254 Å². The van der Waals surface area contributed by atoms with Gasteiger partial charge in [-0.2, -0.15) is 31.4 Å². The molecule has 1 aliphatic heterocycles. The number of halogens is 8. The molecule has 250 valence electrons. The summed E-state index contributed by atoms with van der Waals surface area (Å²) in [5.41, 5.74) is -9.45. The first-order chi connectivity index (χ1) is 21.1. The van der Waals surface area contributed by atoms with Crippen LogP contribution < -0.4 is 10.1 Å². The summed E-state index contributed by atoms with van der Waals surface area (Å²) >= 11 is 0. The van der Waals surface area contributed by atoms with E-state index in [0.29, 0.717) is 11.0 Å². The molecule has 46 heavy (non-hydrogen) atoms. The Bertz CT molecular complexity index is 1680. The summed E-state index contributed by atoms with van der Waals surface area (Å²) in [6.07, 6.45) is -11.4. The molecule has 0 radical (unpaired) electrons. The monoisotopic (exact) mass is 666 g/mol. The van der Waals surface area contributed by atoms with Gasteiger partial charge in [0.05, 0.1) is 48.6 Å². The minimum absolute atomic E-state index is 0.153. The van der Waals surface area contributed by atoms with Crippen LogP contribution in [0.3, 0.4) is 0 Å². The largest absolute Gasteiger partial charge is 0.480 e. The number of amides is 2. The highest BCUT2D eigenvalue weighted by Gasteiger charge is 2.58. The van der Waals surface area contributed by atoms with Gasteiger partial charge in [0.1, 0.15) is 18.1 Å². The average Bonchev–Trinajstić information content (AvgIpc) is 3.52. The molecule has 0 bridgehead atoms. The van der Waals surface area contributed by atoms with Gasteiger partial charge in [-0.3, -0.25) is 14.4 Å². The maximum atomic E-state index is 14.8. The molecule has 0 spiro atoms. The Balaban J connectivity index is 1.70. The zero-order chi connectivity index (χ0) is 34.6. The molecule has 3 atom stereocenters. The summed E-state index contributed by atoms with van der Waals surface area (Å²) < 4.78 is 117. The standard InChI is InChI=1S/C27H26F8N6O5/c1-24(2,29)19(42)7-16-20-14(26(30,31)32)6-18(41(20)38-11-37-16)12-5-13(22(46-4)36-8-12)21(43)39-17-10-40(9-15(17)28)23(44)25(3,45)27(33,34)35/h5-6,8,11,15,17,45H,7,9-10H2,1-4H3,(H,39,43)/t15-,17+,25+/m0/s1. The third-order valence-electron chi connectivity index (χ3n) is 7.33. The van der Waals surface area contributed by atoms with Gasteiger partial charge in [-0.1, -0.05) is 0 Å². The topological polar surface area (TPSA) is 139 Å². The quantitative estimate of drug-likeness (QED) is 0.350. The molecule has 4 heterocycles. The minimum Gasteiger partial charge on any atom is -0.480 e. The summed E-state index contributed by atoms with van der Waals surface area (Å²) in [5, 5.41) is 15.7. The van der Waals surface area contributed by atoms with E-state index in [1.165, 1.54) is 0 Å². The number of pyridine rings is 1. The van der Waals surface area contributed by atoms with E-state index in [0.717, 1.165) is 44.1 Å². The lowest BCUT2D eigenvalue weighted by Gasteiger charge is -2.29. The van der Waals surface area contributed by atoms with E-state index in [1.807, 2.05) is 0 Å². The smallest absolute Gasteiger partial charge is 0.426 e. The van der Waals surface area contributed by atoms with Gasteiger partial charge in [-0.25, -0.2) is 23.3 Å². The fourth-order valence-corrected chi connectivity index (χ4v) is 4.68. The fourth-order valence-electron chi connectivity index (χ4n) is 4.68. The molecular weight excluding hydrogens is 640 g/mol. The van der Waals surface area contributed by atoms with Gasteiger partial charge in [-0.05, 0) is 32.9 Å². The van der Waals surface area contributed by atoms with Crippen LogP contribution >= 0.6 is 0 Å². The second-order valence-corrected chi connectivity index (χ2v) is 11.1. The number of nitrogens with one attached hydrogen (secondary N) is 1. The lowest BCUT2D eigenvalue weighted by molar-refractivity contribution is -0.249. The van der Waals surface area contributed by atoms with E-state index in [4.69, 9.17) is 4.74 Å². The van der Waals surface area contributed by atoms with Crippen molar-refractivity contribution in [3.63, 3.8) is 0 Å². The fraction of sp³-hybridized carbons (Fsp3) is 0.481. The van der Waals surface area contributed by atoms with Crippen molar-refractivity contribution in [1.29, 1.82) is 0 Å². The summed E-state index contributed by atoms with van der Waals surface area (Å²) in [7, 11) is 1.10. The van der Waals surface area contributed by atoms with Crippen LogP contribution in [0.25, 0.3) is 16.8 Å². The number of fused-ring (bicyclic) bond motifs is 1. The minimum atomic E-state index is -5.36. The molecule has 0 aliphatic carbocycles. The number of carbonyl (C=O) groups is 3. The molecule has 0 saturated carbocycles. The Morgan fingerprint density at radius 2 is 1.70 bits per heavy atom. The molecule has 3 aromatic heterocycles. The van der Waals surface area contributed by atoms with Crippen LogP contribution in [0, 0.1) is 0 Å². The third kappa shape index (κ3) is 6.45. The Morgan fingerprint density at radius 3 is 2.26 bits per heavy atom. The van der Waals surface area contributed by atoms with Crippen molar-refractivity contribution >= 4 is 23.1 Å². The van der Waals surface area contributed by atoms with Gasteiger partial charge >= 0.3 is 12.4 Å². The summed E-state index contributed by atoms with van der Waals surface area (Å²) in [5.74, 6) is -4.36. The van der Waals surface area contributed by atoms with Crippen molar-refractivity contribution in [2.45, 2.75) is 63.0 Å². The van der Waals surface area contributed by atoms with Crippen molar-refractivity contribution in [2.75, 3.05) is 20.2 Å². The van der Waals surface area contributed by atoms with Crippen molar-refractivity contribution < 1.29 is 59.4 Å². The SMILES string of the molecule is COc1ncc(-c2cc(C(F)(F)F)c3c(CC(=O)C(C)(C)F)ncnn23)cc1C(=O)N[C@@H]1CN(C(=O)[C@@](C)(O)C(F)(F)F)C[C@@H]1F. The number of Topliss-reactive ketones (excluding diaryl/α,β-unsaturated/α-hetero) is 1. The van der Waals surface area contributed by atoms with Crippen molar-refractivity contribution in [3.05, 3.63) is 41.5 Å². The van der Waals surface area contributed by atoms with E-state index in [1.54, 1.807) is 0 Å². The molecule has 0 unspecified atom stereocenters. The molecule has 2 N–H and O–H groups in total. The zero-order valence-corrected chi connectivity index (χ0v) is 24.4. The van der Waals surface area contributed by atoms with Crippen LogP contribution in [0.4, 0.5) is 35.1 Å². The Hall–Kier alpha value is -4.42. The van der Waals surface area contributed by atoms with E-state index in [9.17, 15) is 54.6 Å². The average molecular weight is 667 g/mol. The lowest BCUT2D eigenvalue weighted by Crippen LogP contribution is -2.56. The molecule has 4 rings (SSSR count). The predicted octanol–water partition coefficient (Wildman–Crippen LogP) is 3.27. The molecule has 1 fully saturated rings. The van der Waals surface area contributed by atoms with Crippen molar-refractivity contribution in [1.82, 2.24) is 29.8 Å². The first-order valence-electron chi connectivity index (χ1n) is 13.3. The third-order valence-corrected chi connectivity index (χ3v) is 7.33. The molecule has 1 aliphatic rings.